The summed E-state index contributed by atoms with van der Waals surface area (Å²) in [6.45, 7) is 9.46. The number of rotatable bonds is 5. The van der Waals surface area contributed by atoms with Crippen molar-refractivity contribution in [2.75, 3.05) is 13.1 Å². The molecule has 16 heavy (non-hydrogen) atoms. The molecule has 0 saturated heterocycles. The molecule has 0 aliphatic rings. The molecule has 0 radical (unpaired) electrons. The maximum Gasteiger partial charge on any atom is 0.216 e. The lowest BCUT2D eigenvalue weighted by atomic mass is 10.1. The van der Waals surface area contributed by atoms with Crippen LogP contribution in [0.4, 0.5) is 0 Å². The summed E-state index contributed by atoms with van der Waals surface area (Å²) in [7, 11) is 0. The average Bonchev–Trinajstić information content (AvgIpc) is 2.52. The van der Waals surface area contributed by atoms with E-state index in [0.717, 1.165) is 6.54 Å². The first-order valence-electron chi connectivity index (χ1n) is 5.55. The van der Waals surface area contributed by atoms with Gasteiger partial charge in [-0.15, -0.1) is 11.3 Å². The Labute approximate surface area is 101 Å². The Hall–Kier alpha value is -0.870. The van der Waals surface area contributed by atoms with E-state index >= 15 is 0 Å². The third-order valence-corrected chi connectivity index (χ3v) is 3.48. The summed E-state index contributed by atoms with van der Waals surface area (Å²) in [4.78, 5) is 13.4. The maximum atomic E-state index is 10.7. The van der Waals surface area contributed by atoms with Gasteiger partial charge in [-0.25, -0.2) is 0 Å². The second kappa shape index (κ2) is 6.01. The van der Waals surface area contributed by atoms with E-state index in [1.54, 1.807) is 0 Å². The van der Waals surface area contributed by atoms with Crippen LogP contribution in [0, 0.1) is 13.8 Å². The molecule has 4 heteroatoms. The van der Waals surface area contributed by atoms with Crippen LogP contribution in [-0.2, 0) is 4.79 Å². The highest BCUT2D eigenvalue weighted by Gasteiger charge is 2.09. The smallest absolute Gasteiger partial charge is 0.216 e. The zero-order chi connectivity index (χ0) is 12.1. The van der Waals surface area contributed by atoms with E-state index in [1.165, 1.54) is 22.2 Å². The van der Waals surface area contributed by atoms with Crippen molar-refractivity contribution in [3.8, 4) is 0 Å². The number of carbonyl (C=O) groups excluding carboxylic acids is 1. The van der Waals surface area contributed by atoms with Crippen LogP contribution in [0.3, 0.4) is 0 Å². The first-order chi connectivity index (χ1) is 7.50. The number of hydrogen-bond donors (Lipinski definition) is 2. The van der Waals surface area contributed by atoms with Gasteiger partial charge in [-0.05, 0) is 32.4 Å². The molecule has 0 aliphatic heterocycles. The number of hydrogen-bond acceptors (Lipinski definition) is 3. The Morgan fingerprint density at radius 2 is 2.12 bits per heavy atom. The minimum atomic E-state index is 0.0250. The Kier molecular flexibility index (Phi) is 4.96. The van der Waals surface area contributed by atoms with E-state index in [2.05, 4.69) is 37.5 Å². The van der Waals surface area contributed by atoms with Gasteiger partial charge < -0.3 is 10.6 Å². The normalized spacial score (nSPS) is 12.5. The highest BCUT2D eigenvalue weighted by atomic mass is 32.1. The standard InChI is InChI=1S/C12H20N2OS/c1-8-7-12(10(3)16-8)9(2)13-5-6-14-11(4)15/h7,9,13H,5-6H2,1-4H3,(H,14,15). The monoisotopic (exact) mass is 240 g/mol. The molecule has 1 unspecified atom stereocenters. The highest BCUT2D eigenvalue weighted by Crippen LogP contribution is 2.25. The van der Waals surface area contributed by atoms with Crippen LogP contribution in [0.25, 0.3) is 0 Å². The van der Waals surface area contributed by atoms with Crippen molar-refractivity contribution in [2.24, 2.45) is 0 Å². The fourth-order valence-electron chi connectivity index (χ4n) is 1.72. The Morgan fingerprint density at radius 3 is 2.62 bits per heavy atom. The van der Waals surface area contributed by atoms with E-state index in [-0.39, 0.29) is 5.91 Å². The summed E-state index contributed by atoms with van der Waals surface area (Å²) in [5.41, 5.74) is 1.37. The average molecular weight is 240 g/mol. The van der Waals surface area contributed by atoms with Crippen molar-refractivity contribution in [2.45, 2.75) is 33.7 Å². The summed E-state index contributed by atoms with van der Waals surface area (Å²) >= 11 is 1.83. The molecule has 1 atom stereocenters. The molecular formula is C12H20N2OS. The molecule has 0 aliphatic carbocycles. The van der Waals surface area contributed by atoms with Crippen molar-refractivity contribution in [3.63, 3.8) is 0 Å². The zero-order valence-electron chi connectivity index (χ0n) is 10.4. The van der Waals surface area contributed by atoms with Gasteiger partial charge in [-0.1, -0.05) is 0 Å². The van der Waals surface area contributed by atoms with Crippen LogP contribution in [0.15, 0.2) is 6.07 Å². The van der Waals surface area contributed by atoms with E-state index in [4.69, 9.17) is 0 Å². The lowest BCUT2D eigenvalue weighted by Crippen LogP contribution is -2.31. The molecule has 3 nitrogen and oxygen atoms in total. The summed E-state index contributed by atoms with van der Waals surface area (Å²) in [5.74, 6) is 0.0250. The van der Waals surface area contributed by atoms with Gasteiger partial charge in [0.1, 0.15) is 0 Å². The Morgan fingerprint density at radius 1 is 1.44 bits per heavy atom. The molecule has 1 heterocycles. The largest absolute Gasteiger partial charge is 0.355 e. The van der Waals surface area contributed by atoms with Gasteiger partial charge in [0.05, 0.1) is 0 Å². The fourth-order valence-corrected chi connectivity index (χ4v) is 2.74. The molecular weight excluding hydrogens is 220 g/mol. The molecule has 0 bridgehead atoms. The van der Waals surface area contributed by atoms with E-state index < -0.39 is 0 Å². The summed E-state index contributed by atoms with van der Waals surface area (Å²) in [6, 6.07) is 2.58. The molecule has 2 N–H and O–H groups in total. The van der Waals surface area contributed by atoms with Gasteiger partial charge in [0.25, 0.3) is 0 Å². The van der Waals surface area contributed by atoms with Crippen molar-refractivity contribution in [1.82, 2.24) is 10.6 Å². The van der Waals surface area contributed by atoms with E-state index in [0.29, 0.717) is 12.6 Å². The predicted octanol–water partition coefficient (Wildman–Crippen LogP) is 2.15. The van der Waals surface area contributed by atoms with Crippen molar-refractivity contribution >= 4 is 17.2 Å². The van der Waals surface area contributed by atoms with Crippen LogP contribution in [0.2, 0.25) is 0 Å². The van der Waals surface area contributed by atoms with E-state index in [9.17, 15) is 4.79 Å². The third-order valence-electron chi connectivity index (χ3n) is 2.50. The molecule has 1 rings (SSSR count). The number of carbonyl (C=O) groups is 1. The number of aryl methyl sites for hydroxylation is 2. The van der Waals surface area contributed by atoms with Crippen LogP contribution < -0.4 is 10.6 Å². The fraction of sp³-hybridized carbons (Fsp3) is 0.583. The van der Waals surface area contributed by atoms with Crippen LogP contribution in [-0.4, -0.2) is 19.0 Å². The minimum Gasteiger partial charge on any atom is -0.355 e. The Bertz CT molecular complexity index is 360. The molecule has 0 saturated carbocycles. The molecule has 0 spiro atoms. The second-order valence-electron chi connectivity index (χ2n) is 4.03. The van der Waals surface area contributed by atoms with Gasteiger partial charge in [0.15, 0.2) is 0 Å². The third kappa shape index (κ3) is 3.94. The molecule has 0 fully saturated rings. The molecule has 1 aromatic rings. The van der Waals surface area contributed by atoms with E-state index in [1.807, 2.05) is 11.3 Å². The molecule has 90 valence electrons. The maximum absolute atomic E-state index is 10.7. The summed E-state index contributed by atoms with van der Waals surface area (Å²) in [6.07, 6.45) is 0. The van der Waals surface area contributed by atoms with Crippen molar-refractivity contribution in [3.05, 3.63) is 21.4 Å². The lowest BCUT2D eigenvalue weighted by molar-refractivity contribution is -0.118. The summed E-state index contributed by atoms with van der Waals surface area (Å²) < 4.78 is 0. The first-order valence-corrected chi connectivity index (χ1v) is 6.37. The van der Waals surface area contributed by atoms with Gasteiger partial charge in [0, 0.05) is 35.8 Å². The predicted molar refractivity (Wildman–Crippen MR) is 68.9 cm³/mol. The van der Waals surface area contributed by atoms with Gasteiger partial charge in [0.2, 0.25) is 5.91 Å². The minimum absolute atomic E-state index is 0.0250. The molecule has 1 amide bonds. The van der Waals surface area contributed by atoms with Gasteiger partial charge in [-0.2, -0.15) is 0 Å². The van der Waals surface area contributed by atoms with Gasteiger partial charge in [-0.3, -0.25) is 4.79 Å². The number of thiophene rings is 1. The van der Waals surface area contributed by atoms with Gasteiger partial charge >= 0.3 is 0 Å². The molecule has 1 aromatic heterocycles. The topological polar surface area (TPSA) is 41.1 Å². The summed E-state index contributed by atoms with van der Waals surface area (Å²) in [5, 5.41) is 6.17. The SMILES string of the molecule is CC(=O)NCCNC(C)c1cc(C)sc1C. The zero-order valence-corrected chi connectivity index (χ0v) is 11.2. The lowest BCUT2D eigenvalue weighted by Gasteiger charge is -2.13. The van der Waals surface area contributed by atoms with Crippen LogP contribution in [0.5, 0.6) is 0 Å². The number of amides is 1. The van der Waals surface area contributed by atoms with Crippen LogP contribution >= 0.6 is 11.3 Å². The highest BCUT2D eigenvalue weighted by molar-refractivity contribution is 7.12. The second-order valence-corrected chi connectivity index (χ2v) is 5.49. The first kappa shape index (κ1) is 13.2. The quantitative estimate of drug-likeness (QED) is 0.774. The van der Waals surface area contributed by atoms with Crippen LogP contribution in [0.1, 0.15) is 35.2 Å². The molecule has 0 aromatic carbocycles. The van der Waals surface area contributed by atoms with Crippen molar-refractivity contribution in [1.29, 1.82) is 0 Å². The Balaban J connectivity index is 2.38. The van der Waals surface area contributed by atoms with Crippen molar-refractivity contribution < 1.29 is 4.79 Å². The number of nitrogens with one attached hydrogen (secondary N) is 2.